The third-order valence-electron chi connectivity index (χ3n) is 6.07. The number of rotatable bonds is 12. The van der Waals surface area contributed by atoms with Crippen molar-refractivity contribution in [3.63, 3.8) is 0 Å². The predicted octanol–water partition coefficient (Wildman–Crippen LogP) is 5.97. The average molecular weight is 531 g/mol. The summed E-state index contributed by atoms with van der Waals surface area (Å²) in [6, 6.07) is 21.7. The minimum Gasteiger partial charge on any atom is -0.480 e. The topological polar surface area (TPSA) is 102 Å². The molecule has 38 heavy (non-hydrogen) atoms. The number of thioether (sulfide) groups is 1. The van der Waals surface area contributed by atoms with E-state index in [0.29, 0.717) is 35.9 Å². The number of carboxylic acids is 1. The molecule has 1 amide bonds. The number of hydrogen-bond donors (Lipinski definition) is 2. The molecule has 4 aromatic rings. The zero-order chi connectivity index (χ0) is 26.9. The van der Waals surface area contributed by atoms with Crippen molar-refractivity contribution >= 4 is 23.6 Å². The molecule has 1 atom stereocenters. The Hall–Kier alpha value is -3.88. The molecule has 2 aromatic carbocycles. The molecule has 0 fully saturated rings. The van der Waals surface area contributed by atoms with Gasteiger partial charge in [-0.25, -0.2) is 4.79 Å². The van der Waals surface area contributed by atoms with E-state index >= 15 is 0 Å². The third kappa shape index (κ3) is 6.90. The molecule has 0 aliphatic carbocycles. The number of ether oxygens (including phenoxy) is 1. The summed E-state index contributed by atoms with van der Waals surface area (Å²) >= 11 is 1.54. The number of carbonyl (C=O) groups is 2. The van der Waals surface area contributed by atoms with Crippen LogP contribution in [0.15, 0.2) is 83.4 Å². The van der Waals surface area contributed by atoms with E-state index in [0.717, 1.165) is 27.9 Å². The number of nitrogens with zero attached hydrogens (tertiary/aromatic N) is 1. The molecule has 2 N–H and O–H groups in total. The first-order valence-electron chi connectivity index (χ1n) is 12.3. The van der Waals surface area contributed by atoms with Crippen LogP contribution in [0.3, 0.4) is 0 Å². The summed E-state index contributed by atoms with van der Waals surface area (Å²) < 4.78 is 11.8. The summed E-state index contributed by atoms with van der Waals surface area (Å²) in [7, 11) is 0. The fourth-order valence-electron chi connectivity index (χ4n) is 4.08. The highest BCUT2D eigenvalue weighted by atomic mass is 32.2. The molecule has 0 aliphatic rings. The van der Waals surface area contributed by atoms with Gasteiger partial charge in [-0.15, -0.1) is 0 Å². The number of pyridine rings is 1. The number of aromatic nitrogens is 1. The SMILES string of the molecule is CSCC[C@H](NC(=O)c1ccc(COCc2ccc(-c3ccccn3)o2)cc1-c1ccccc1C)C(=O)O. The van der Waals surface area contributed by atoms with Crippen LogP contribution in [0.25, 0.3) is 22.6 Å². The van der Waals surface area contributed by atoms with Crippen molar-refractivity contribution in [1.82, 2.24) is 10.3 Å². The van der Waals surface area contributed by atoms with E-state index in [9.17, 15) is 14.7 Å². The van der Waals surface area contributed by atoms with Gasteiger partial charge in [0.1, 0.15) is 24.1 Å². The molecule has 0 saturated heterocycles. The van der Waals surface area contributed by atoms with Gasteiger partial charge in [-0.05, 0) is 84.0 Å². The number of carboxylic acid groups (broad SMARTS) is 1. The van der Waals surface area contributed by atoms with E-state index < -0.39 is 17.9 Å². The Bertz CT molecular complexity index is 1390. The Morgan fingerprint density at radius 1 is 1.03 bits per heavy atom. The lowest BCUT2D eigenvalue weighted by atomic mass is 9.93. The zero-order valence-corrected chi connectivity index (χ0v) is 22.2. The summed E-state index contributed by atoms with van der Waals surface area (Å²) in [5.41, 5.74) is 4.70. The van der Waals surface area contributed by atoms with Gasteiger partial charge in [-0.2, -0.15) is 11.8 Å². The molecule has 0 spiro atoms. The van der Waals surface area contributed by atoms with Gasteiger partial charge >= 0.3 is 5.97 Å². The molecule has 0 saturated carbocycles. The average Bonchev–Trinajstić information content (AvgIpc) is 3.40. The first kappa shape index (κ1) is 27.2. The van der Waals surface area contributed by atoms with E-state index in [1.54, 1.807) is 24.0 Å². The van der Waals surface area contributed by atoms with E-state index in [1.807, 2.05) is 79.9 Å². The maximum absolute atomic E-state index is 13.2. The zero-order valence-electron chi connectivity index (χ0n) is 21.3. The third-order valence-corrected chi connectivity index (χ3v) is 6.71. The fourth-order valence-corrected chi connectivity index (χ4v) is 4.55. The molecule has 7 nitrogen and oxygen atoms in total. The Balaban J connectivity index is 1.51. The fraction of sp³-hybridized carbons (Fsp3) is 0.233. The van der Waals surface area contributed by atoms with Crippen LogP contribution in [0, 0.1) is 6.92 Å². The minimum absolute atomic E-state index is 0.282. The predicted molar refractivity (Wildman–Crippen MR) is 149 cm³/mol. The molecule has 0 aliphatic heterocycles. The Labute approximate surface area is 226 Å². The molecular formula is C30H30N2O5S. The molecule has 8 heteroatoms. The number of benzene rings is 2. The van der Waals surface area contributed by atoms with E-state index in [2.05, 4.69) is 10.3 Å². The normalized spacial score (nSPS) is 11.7. The first-order valence-corrected chi connectivity index (χ1v) is 13.6. The lowest BCUT2D eigenvalue weighted by Gasteiger charge is -2.17. The molecule has 2 aromatic heterocycles. The number of furan rings is 1. The second-order valence-electron chi connectivity index (χ2n) is 8.81. The van der Waals surface area contributed by atoms with Crippen LogP contribution in [0.4, 0.5) is 0 Å². The van der Waals surface area contributed by atoms with Gasteiger partial charge in [0.05, 0.1) is 6.61 Å². The molecule has 0 bridgehead atoms. The minimum atomic E-state index is -1.04. The van der Waals surface area contributed by atoms with Crippen molar-refractivity contribution < 1.29 is 23.8 Å². The number of amides is 1. The second kappa shape index (κ2) is 13.1. The smallest absolute Gasteiger partial charge is 0.326 e. The van der Waals surface area contributed by atoms with E-state index in [1.165, 1.54) is 0 Å². The van der Waals surface area contributed by atoms with Crippen molar-refractivity contribution in [3.05, 3.63) is 101 Å². The van der Waals surface area contributed by atoms with Gasteiger partial charge in [-0.1, -0.05) is 36.4 Å². The summed E-state index contributed by atoms with van der Waals surface area (Å²) in [5, 5.41) is 12.3. The number of aryl methyl sites for hydroxylation is 1. The summed E-state index contributed by atoms with van der Waals surface area (Å²) in [6.45, 7) is 2.57. The molecule has 0 unspecified atom stereocenters. The molecular weight excluding hydrogens is 500 g/mol. The number of carbonyl (C=O) groups excluding carboxylic acids is 1. The Morgan fingerprint density at radius 2 is 1.84 bits per heavy atom. The molecule has 2 heterocycles. The molecule has 196 valence electrons. The molecule has 0 radical (unpaired) electrons. The Kier molecular flexibility index (Phi) is 9.35. The highest BCUT2D eigenvalue weighted by Gasteiger charge is 2.22. The van der Waals surface area contributed by atoms with Gasteiger partial charge in [0.25, 0.3) is 5.91 Å². The highest BCUT2D eigenvalue weighted by molar-refractivity contribution is 7.98. The summed E-state index contributed by atoms with van der Waals surface area (Å²) in [6.07, 6.45) is 3.97. The first-order chi connectivity index (χ1) is 18.5. The van der Waals surface area contributed by atoms with E-state index in [-0.39, 0.29) is 6.61 Å². The number of aliphatic carboxylic acids is 1. The van der Waals surface area contributed by atoms with Gasteiger partial charge in [0.2, 0.25) is 0 Å². The van der Waals surface area contributed by atoms with Crippen molar-refractivity contribution in [1.29, 1.82) is 0 Å². The maximum atomic E-state index is 13.2. The van der Waals surface area contributed by atoms with Crippen LogP contribution >= 0.6 is 11.8 Å². The maximum Gasteiger partial charge on any atom is 0.326 e. The van der Waals surface area contributed by atoms with Gasteiger partial charge in [0, 0.05) is 11.8 Å². The van der Waals surface area contributed by atoms with Crippen LogP contribution in [-0.2, 0) is 22.7 Å². The standard InChI is InChI=1S/C30H30N2O5S/c1-20-7-3-4-8-23(20)25-17-21(10-12-24(25)29(33)32-27(30(34)35)14-16-38-2)18-36-19-22-11-13-28(37-22)26-9-5-6-15-31-26/h3-13,15,17,27H,14,16,18-19H2,1-2H3,(H,32,33)(H,34,35)/t27-/m0/s1. The van der Waals surface area contributed by atoms with Crippen LogP contribution in [0.5, 0.6) is 0 Å². The van der Waals surface area contributed by atoms with Crippen LogP contribution in [0.1, 0.15) is 33.7 Å². The van der Waals surface area contributed by atoms with Crippen LogP contribution < -0.4 is 5.32 Å². The van der Waals surface area contributed by atoms with Gasteiger partial charge in [-0.3, -0.25) is 9.78 Å². The second-order valence-corrected chi connectivity index (χ2v) is 9.80. The monoisotopic (exact) mass is 530 g/mol. The van der Waals surface area contributed by atoms with Gasteiger partial charge < -0.3 is 19.6 Å². The van der Waals surface area contributed by atoms with Crippen molar-refractivity contribution in [2.24, 2.45) is 0 Å². The van der Waals surface area contributed by atoms with Crippen LogP contribution in [0.2, 0.25) is 0 Å². The van der Waals surface area contributed by atoms with Crippen molar-refractivity contribution in [2.75, 3.05) is 12.0 Å². The van der Waals surface area contributed by atoms with E-state index in [4.69, 9.17) is 9.15 Å². The van der Waals surface area contributed by atoms with Crippen LogP contribution in [-0.4, -0.2) is 40.0 Å². The summed E-state index contributed by atoms with van der Waals surface area (Å²) in [5.74, 6) is 0.544. The van der Waals surface area contributed by atoms with Gasteiger partial charge in [0.15, 0.2) is 5.76 Å². The number of nitrogens with one attached hydrogen (secondary N) is 1. The Morgan fingerprint density at radius 3 is 2.58 bits per heavy atom. The summed E-state index contributed by atoms with van der Waals surface area (Å²) in [4.78, 5) is 29.2. The van der Waals surface area contributed by atoms with Crippen molar-refractivity contribution in [3.8, 4) is 22.6 Å². The molecule has 4 rings (SSSR count). The number of hydrogen-bond acceptors (Lipinski definition) is 6. The highest BCUT2D eigenvalue weighted by Crippen LogP contribution is 2.29. The lowest BCUT2D eigenvalue weighted by Crippen LogP contribution is -2.41. The quantitative estimate of drug-likeness (QED) is 0.233. The lowest BCUT2D eigenvalue weighted by molar-refractivity contribution is -0.139. The largest absolute Gasteiger partial charge is 0.480 e. The van der Waals surface area contributed by atoms with Crippen molar-refractivity contribution in [2.45, 2.75) is 32.6 Å².